The zero-order valence-corrected chi connectivity index (χ0v) is 18.0. The molecule has 166 valence electrons. The van der Waals surface area contributed by atoms with E-state index in [0.29, 0.717) is 39.3 Å². The Balaban J connectivity index is 0.00000119. The SMILES string of the molecule is C#C.CC1(C(=O)N2COC[C@H]2c2ccccc2)CCN(c2ccnc3c(F)cnn23)CC1. The van der Waals surface area contributed by atoms with E-state index in [1.54, 1.807) is 6.20 Å². The molecule has 8 heteroatoms. The second kappa shape index (κ2) is 8.97. The van der Waals surface area contributed by atoms with Crippen LogP contribution >= 0.6 is 0 Å². The number of halogens is 1. The zero-order chi connectivity index (χ0) is 22.7. The summed E-state index contributed by atoms with van der Waals surface area (Å²) in [4.78, 5) is 21.6. The van der Waals surface area contributed by atoms with Crippen molar-refractivity contribution in [2.45, 2.75) is 25.8 Å². The molecule has 7 nitrogen and oxygen atoms in total. The number of carbonyl (C=O) groups is 1. The van der Waals surface area contributed by atoms with E-state index >= 15 is 0 Å². The molecule has 0 aliphatic carbocycles. The van der Waals surface area contributed by atoms with Gasteiger partial charge in [0.2, 0.25) is 5.91 Å². The van der Waals surface area contributed by atoms with Crippen LogP contribution in [0.5, 0.6) is 0 Å². The first-order valence-electron chi connectivity index (χ1n) is 10.6. The van der Waals surface area contributed by atoms with Gasteiger partial charge in [-0.2, -0.15) is 9.61 Å². The maximum Gasteiger partial charge on any atom is 0.231 e. The summed E-state index contributed by atoms with van der Waals surface area (Å²) < 4.78 is 21.0. The van der Waals surface area contributed by atoms with Gasteiger partial charge in [0.05, 0.1) is 24.3 Å². The number of carbonyl (C=O) groups excluding carboxylic acids is 1. The van der Waals surface area contributed by atoms with Gasteiger partial charge in [0.25, 0.3) is 0 Å². The molecule has 4 heterocycles. The molecule has 2 aliphatic rings. The monoisotopic (exact) mass is 435 g/mol. The Morgan fingerprint density at radius 3 is 2.62 bits per heavy atom. The van der Waals surface area contributed by atoms with Gasteiger partial charge >= 0.3 is 0 Å². The highest BCUT2D eigenvalue weighted by molar-refractivity contribution is 5.83. The minimum atomic E-state index is -0.460. The Morgan fingerprint density at radius 2 is 1.91 bits per heavy atom. The van der Waals surface area contributed by atoms with Gasteiger partial charge in [0, 0.05) is 19.3 Å². The molecule has 0 radical (unpaired) electrons. The highest BCUT2D eigenvalue weighted by Crippen LogP contribution is 2.38. The first-order valence-corrected chi connectivity index (χ1v) is 10.6. The molecular weight excluding hydrogens is 409 g/mol. The van der Waals surface area contributed by atoms with E-state index in [1.165, 1.54) is 10.7 Å². The Kier molecular flexibility index (Phi) is 6.10. The quantitative estimate of drug-likeness (QED) is 0.591. The van der Waals surface area contributed by atoms with Crippen molar-refractivity contribution < 1.29 is 13.9 Å². The Bertz CT molecular complexity index is 1110. The Labute approximate surface area is 186 Å². The third-order valence-electron chi connectivity index (χ3n) is 6.37. The minimum absolute atomic E-state index is 0.0413. The van der Waals surface area contributed by atoms with E-state index in [4.69, 9.17) is 4.74 Å². The maximum atomic E-state index is 13.8. The Hall–Kier alpha value is -3.44. The van der Waals surface area contributed by atoms with Crippen molar-refractivity contribution in [2.75, 3.05) is 31.3 Å². The van der Waals surface area contributed by atoms with Crippen LogP contribution in [0.3, 0.4) is 0 Å². The molecule has 5 rings (SSSR count). The van der Waals surface area contributed by atoms with Crippen molar-refractivity contribution in [3.63, 3.8) is 0 Å². The van der Waals surface area contributed by atoms with Gasteiger partial charge in [-0.3, -0.25) is 4.79 Å². The van der Waals surface area contributed by atoms with Crippen LogP contribution in [0, 0.1) is 24.1 Å². The number of hydrogen-bond acceptors (Lipinski definition) is 5. The van der Waals surface area contributed by atoms with Crippen LogP contribution in [-0.4, -0.2) is 51.8 Å². The number of fused-ring (bicyclic) bond motifs is 1. The predicted octanol–water partition coefficient (Wildman–Crippen LogP) is 3.28. The van der Waals surface area contributed by atoms with Crippen LogP contribution in [0.25, 0.3) is 5.65 Å². The summed E-state index contributed by atoms with van der Waals surface area (Å²) in [6.45, 7) is 4.27. The zero-order valence-electron chi connectivity index (χ0n) is 18.0. The second-order valence-corrected chi connectivity index (χ2v) is 8.28. The van der Waals surface area contributed by atoms with Gasteiger partial charge in [0.1, 0.15) is 12.5 Å². The molecule has 0 spiro atoms. The average molecular weight is 436 g/mol. The third-order valence-corrected chi connectivity index (χ3v) is 6.37. The lowest BCUT2D eigenvalue weighted by atomic mass is 9.78. The molecule has 0 saturated carbocycles. The van der Waals surface area contributed by atoms with E-state index in [9.17, 15) is 9.18 Å². The number of terminal acetylenes is 1. The van der Waals surface area contributed by atoms with Crippen LogP contribution < -0.4 is 4.90 Å². The smallest absolute Gasteiger partial charge is 0.231 e. The van der Waals surface area contributed by atoms with E-state index in [-0.39, 0.29) is 17.6 Å². The number of piperidine rings is 1. The molecule has 0 bridgehead atoms. The fourth-order valence-electron chi connectivity index (χ4n) is 4.47. The van der Waals surface area contributed by atoms with Crippen LogP contribution in [0.4, 0.5) is 10.2 Å². The summed E-state index contributed by atoms with van der Waals surface area (Å²) in [7, 11) is 0. The van der Waals surface area contributed by atoms with Gasteiger partial charge in [-0.05, 0) is 24.5 Å². The van der Waals surface area contributed by atoms with Crippen LogP contribution in [0.1, 0.15) is 31.4 Å². The minimum Gasteiger partial charge on any atom is -0.359 e. The van der Waals surface area contributed by atoms with Gasteiger partial charge in [-0.15, -0.1) is 12.8 Å². The largest absolute Gasteiger partial charge is 0.359 e. The summed E-state index contributed by atoms with van der Waals surface area (Å²) in [5.41, 5.74) is 0.861. The van der Waals surface area contributed by atoms with Gasteiger partial charge in [-0.25, -0.2) is 9.37 Å². The molecule has 1 aromatic carbocycles. The topological polar surface area (TPSA) is 63.0 Å². The number of nitrogens with zero attached hydrogens (tertiary/aromatic N) is 5. The maximum absolute atomic E-state index is 13.8. The molecule has 32 heavy (non-hydrogen) atoms. The molecule has 1 atom stereocenters. The lowest BCUT2D eigenvalue weighted by Gasteiger charge is -2.41. The van der Waals surface area contributed by atoms with E-state index in [2.05, 4.69) is 27.8 Å². The molecule has 2 aliphatic heterocycles. The highest BCUT2D eigenvalue weighted by atomic mass is 19.1. The number of amides is 1. The first kappa shape index (κ1) is 21.8. The lowest BCUT2D eigenvalue weighted by Crippen LogP contribution is -2.49. The fraction of sp³-hybridized carbons (Fsp3) is 0.375. The van der Waals surface area contributed by atoms with Gasteiger partial charge < -0.3 is 14.5 Å². The summed E-state index contributed by atoms with van der Waals surface area (Å²) >= 11 is 0. The number of benzene rings is 1. The lowest BCUT2D eigenvalue weighted by molar-refractivity contribution is -0.144. The number of anilines is 1. The molecule has 1 amide bonds. The van der Waals surface area contributed by atoms with Crippen LogP contribution in [0.15, 0.2) is 48.8 Å². The normalized spacial score (nSPS) is 20.1. The van der Waals surface area contributed by atoms with E-state index in [0.717, 1.165) is 11.4 Å². The van der Waals surface area contributed by atoms with Crippen molar-refractivity contribution in [3.8, 4) is 12.8 Å². The van der Waals surface area contributed by atoms with Gasteiger partial charge in [0.15, 0.2) is 11.5 Å². The number of hydrogen-bond donors (Lipinski definition) is 0. The van der Waals surface area contributed by atoms with Crippen LogP contribution in [0.2, 0.25) is 0 Å². The summed E-state index contributed by atoms with van der Waals surface area (Å²) in [6.07, 6.45) is 12.2. The first-order chi connectivity index (χ1) is 15.6. The second-order valence-electron chi connectivity index (χ2n) is 8.28. The van der Waals surface area contributed by atoms with Gasteiger partial charge in [-0.1, -0.05) is 37.3 Å². The number of rotatable bonds is 3. The third kappa shape index (κ3) is 3.80. The van der Waals surface area contributed by atoms with Crippen molar-refractivity contribution in [1.82, 2.24) is 19.5 Å². The predicted molar refractivity (Wildman–Crippen MR) is 119 cm³/mol. The van der Waals surface area contributed by atoms with E-state index in [1.807, 2.05) is 48.2 Å². The molecule has 3 aromatic rings. The highest BCUT2D eigenvalue weighted by Gasteiger charge is 2.43. The summed E-state index contributed by atoms with van der Waals surface area (Å²) in [6, 6.07) is 11.8. The molecule has 2 aromatic heterocycles. The van der Waals surface area contributed by atoms with Crippen molar-refractivity contribution in [3.05, 3.63) is 60.2 Å². The standard InChI is InChI=1S/C22H24FN5O2.C2H2/c1-22(21(29)27-15-30-14-18(27)16-5-3-2-4-6-16)8-11-26(12-9-22)19-7-10-24-20-17(23)13-25-28(19)20;1-2/h2-7,10,13,18H,8-9,11-12,14-15H2,1H3;1-2H/t18-;/m0./s1. The fourth-order valence-corrected chi connectivity index (χ4v) is 4.47. The summed E-state index contributed by atoms with van der Waals surface area (Å²) in [5.74, 6) is 0.499. The summed E-state index contributed by atoms with van der Waals surface area (Å²) in [5, 5.41) is 4.12. The van der Waals surface area contributed by atoms with E-state index < -0.39 is 11.2 Å². The number of aromatic nitrogens is 3. The number of ether oxygens (including phenoxy) is 1. The van der Waals surface area contributed by atoms with Crippen LogP contribution in [-0.2, 0) is 9.53 Å². The molecule has 0 N–H and O–H groups in total. The van der Waals surface area contributed by atoms with Crippen molar-refractivity contribution in [1.29, 1.82) is 0 Å². The molecule has 2 fully saturated rings. The molecular formula is C24H26FN5O2. The average Bonchev–Trinajstić information content (AvgIpc) is 3.48. The molecule has 2 saturated heterocycles. The Morgan fingerprint density at radius 1 is 1.19 bits per heavy atom. The van der Waals surface area contributed by atoms with Crippen molar-refractivity contribution >= 4 is 17.4 Å². The molecule has 0 unspecified atom stereocenters. The van der Waals surface area contributed by atoms with Crippen molar-refractivity contribution in [2.24, 2.45) is 5.41 Å².